The number of amides is 1. The van der Waals surface area contributed by atoms with Crippen LogP contribution in [0, 0.1) is 28.6 Å². The fraction of sp³-hybridized carbons (Fsp3) is 0.867. The van der Waals surface area contributed by atoms with Crippen LogP contribution >= 0.6 is 0 Å². The lowest BCUT2D eigenvalue weighted by atomic mass is 9.81. The lowest BCUT2D eigenvalue weighted by Crippen LogP contribution is -2.53. The van der Waals surface area contributed by atoms with Crippen LogP contribution in [0.3, 0.4) is 0 Å². The van der Waals surface area contributed by atoms with E-state index in [0.29, 0.717) is 11.8 Å². The SMILES string of the molecule is CC1CC(C)C(C)N(C(=O)C2(C#N)CCCC2)C1. The molecular weight excluding hydrogens is 224 g/mol. The van der Waals surface area contributed by atoms with Gasteiger partial charge in [0.05, 0.1) is 6.07 Å². The zero-order valence-corrected chi connectivity index (χ0v) is 11.8. The van der Waals surface area contributed by atoms with Crippen molar-refractivity contribution in [3.63, 3.8) is 0 Å². The van der Waals surface area contributed by atoms with Crippen molar-refractivity contribution < 1.29 is 4.79 Å². The topological polar surface area (TPSA) is 44.1 Å². The summed E-state index contributed by atoms with van der Waals surface area (Å²) >= 11 is 0. The molecular formula is C15H24N2O. The minimum Gasteiger partial charge on any atom is -0.338 e. The van der Waals surface area contributed by atoms with E-state index in [1.165, 1.54) is 6.42 Å². The second kappa shape index (κ2) is 4.91. The quantitative estimate of drug-likeness (QED) is 0.716. The van der Waals surface area contributed by atoms with Crippen molar-refractivity contribution in [1.82, 2.24) is 4.90 Å². The average Bonchev–Trinajstić information content (AvgIpc) is 2.82. The maximum atomic E-state index is 12.8. The third-order valence-corrected chi connectivity index (χ3v) is 4.94. The van der Waals surface area contributed by atoms with Crippen molar-refractivity contribution in [2.24, 2.45) is 17.3 Å². The van der Waals surface area contributed by atoms with Crippen LogP contribution in [0.15, 0.2) is 0 Å². The van der Waals surface area contributed by atoms with Crippen LogP contribution in [0.1, 0.15) is 52.9 Å². The van der Waals surface area contributed by atoms with E-state index in [1.807, 2.05) is 4.90 Å². The van der Waals surface area contributed by atoms with Crippen molar-refractivity contribution in [3.05, 3.63) is 0 Å². The molecule has 2 aliphatic rings. The second-order valence-corrected chi connectivity index (χ2v) is 6.42. The molecule has 3 atom stereocenters. The lowest BCUT2D eigenvalue weighted by molar-refractivity contribution is -0.145. The molecule has 3 heteroatoms. The molecule has 1 aliphatic heterocycles. The Labute approximate surface area is 110 Å². The van der Waals surface area contributed by atoms with Gasteiger partial charge in [0, 0.05) is 12.6 Å². The molecule has 18 heavy (non-hydrogen) atoms. The summed E-state index contributed by atoms with van der Waals surface area (Å²) in [5.41, 5.74) is -0.703. The molecule has 0 N–H and O–H groups in total. The molecule has 0 aromatic rings. The maximum absolute atomic E-state index is 12.8. The summed E-state index contributed by atoms with van der Waals surface area (Å²) in [4.78, 5) is 14.8. The molecule has 3 nitrogen and oxygen atoms in total. The van der Waals surface area contributed by atoms with E-state index in [-0.39, 0.29) is 11.9 Å². The summed E-state index contributed by atoms with van der Waals surface area (Å²) < 4.78 is 0. The molecule has 0 spiro atoms. The van der Waals surface area contributed by atoms with Gasteiger partial charge in [-0.3, -0.25) is 4.79 Å². The Hall–Kier alpha value is -1.04. The lowest BCUT2D eigenvalue weighted by Gasteiger charge is -2.43. The standard InChI is InChI=1S/C15H24N2O/c1-11-8-12(2)13(3)17(9-11)14(18)15(10-16)6-4-5-7-15/h11-13H,4-9H2,1-3H3. The summed E-state index contributed by atoms with van der Waals surface area (Å²) in [5.74, 6) is 1.19. The highest BCUT2D eigenvalue weighted by atomic mass is 16.2. The number of carbonyl (C=O) groups excluding carboxylic acids is 1. The van der Waals surface area contributed by atoms with Crippen molar-refractivity contribution in [2.45, 2.75) is 58.9 Å². The maximum Gasteiger partial charge on any atom is 0.243 e. The fourth-order valence-corrected chi connectivity index (χ4v) is 3.61. The Morgan fingerprint density at radius 2 is 1.89 bits per heavy atom. The van der Waals surface area contributed by atoms with Crippen LogP contribution < -0.4 is 0 Å². The molecule has 1 saturated carbocycles. The first kappa shape index (κ1) is 13.4. The van der Waals surface area contributed by atoms with Crippen LogP contribution in [0.4, 0.5) is 0 Å². The minimum absolute atomic E-state index is 0.105. The zero-order valence-electron chi connectivity index (χ0n) is 11.8. The first-order valence-electron chi connectivity index (χ1n) is 7.22. The van der Waals surface area contributed by atoms with Gasteiger partial charge in [-0.1, -0.05) is 26.7 Å². The van der Waals surface area contributed by atoms with Gasteiger partial charge in [0.15, 0.2) is 0 Å². The number of hydrogen-bond donors (Lipinski definition) is 0. The van der Waals surface area contributed by atoms with E-state index in [4.69, 9.17) is 0 Å². The van der Waals surface area contributed by atoms with Crippen LogP contribution in [0.2, 0.25) is 0 Å². The third-order valence-electron chi connectivity index (χ3n) is 4.94. The van der Waals surface area contributed by atoms with Gasteiger partial charge in [-0.15, -0.1) is 0 Å². The number of nitrogens with zero attached hydrogens (tertiary/aromatic N) is 2. The first-order chi connectivity index (χ1) is 8.50. The van der Waals surface area contributed by atoms with E-state index in [0.717, 1.165) is 32.2 Å². The Morgan fingerprint density at radius 3 is 2.44 bits per heavy atom. The molecule has 1 amide bonds. The Kier molecular flexibility index (Phi) is 3.66. The number of hydrogen-bond acceptors (Lipinski definition) is 2. The van der Waals surface area contributed by atoms with E-state index in [1.54, 1.807) is 0 Å². The Morgan fingerprint density at radius 1 is 1.28 bits per heavy atom. The van der Waals surface area contributed by atoms with E-state index >= 15 is 0 Å². The summed E-state index contributed by atoms with van der Waals surface area (Å²) in [5, 5.41) is 9.44. The van der Waals surface area contributed by atoms with Crippen molar-refractivity contribution in [1.29, 1.82) is 5.26 Å². The molecule has 0 aromatic heterocycles. The highest BCUT2D eigenvalue weighted by molar-refractivity contribution is 5.86. The molecule has 0 aromatic carbocycles. The Balaban J connectivity index is 2.19. The van der Waals surface area contributed by atoms with Crippen molar-refractivity contribution >= 4 is 5.91 Å². The molecule has 1 aliphatic carbocycles. The van der Waals surface area contributed by atoms with Gasteiger partial charge < -0.3 is 4.90 Å². The molecule has 3 unspecified atom stereocenters. The predicted octanol–water partition coefficient (Wildman–Crippen LogP) is 2.96. The van der Waals surface area contributed by atoms with Crippen molar-refractivity contribution in [2.75, 3.05) is 6.54 Å². The molecule has 100 valence electrons. The Bertz CT molecular complexity index is 365. The third kappa shape index (κ3) is 2.13. The van der Waals surface area contributed by atoms with Gasteiger partial charge in [0.1, 0.15) is 5.41 Å². The zero-order chi connectivity index (χ0) is 13.3. The normalized spacial score (nSPS) is 35.2. The largest absolute Gasteiger partial charge is 0.338 e. The molecule has 0 radical (unpaired) electrons. The van der Waals surface area contributed by atoms with Crippen LogP contribution in [0.25, 0.3) is 0 Å². The summed E-state index contributed by atoms with van der Waals surface area (Å²) in [6.07, 6.45) is 4.74. The second-order valence-electron chi connectivity index (χ2n) is 6.42. The smallest absolute Gasteiger partial charge is 0.243 e. The molecule has 2 fully saturated rings. The van der Waals surface area contributed by atoms with Gasteiger partial charge in [0.2, 0.25) is 5.91 Å². The number of rotatable bonds is 1. The molecule has 2 rings (SSSR count). The first-order valence-corrected chi connectivity index (χ1v) is 7.22. The van der Waals surface area contributed by atoms with E-state index in [9.17, 15) is 10.1 Å². The summed E-state index contributed by atoms with van der Waals surface area (Å²) in [6, 6.07) is 2.61. The van der Waals surface area contributed by atoms with Crippen LogP contribution in [0.5, 0.6) is 0 Å². The van der Waals surface area contributed by atoms with Gasteiger partial charge in [-0.2, -0.15) is 5.26 Å². The number of carbonyl (C=O) groups is 1. The number of piperidine rings is 1. The highest BCUT2D eigenvalue weighted by Crippen LogP contribution is 2.41. The van der Waals surface area contributed by atoms with Crippen LogP contribution in [-0.4, -0.2) is 23.4 Å². The predicted molar refractivity (Wildman–Crippen MR) is 70.6 cm³/mol. The van der Waals surface area contributed by atoms with Crippen molar-refractivity contribution in [3.8, 4) is 6.07 Å². The highest BCUT2D eigenvalue weighted by Gasteiger charge is 2.46. The fourth-order valence-electron chi connectivity index (χ4n) is 3.61. The number of nitriles is 1. The van der Waals surface area contributed by atoms with Gasteiger partial charge in [-0.25, -0.2) is 0 Å². The monoisotopic (exact) mass is 248 g/mol. The minimum atomic E-state index is -0.703. The number of likely N-dealkylation sites (tertiary alicyclic amines) is 1. The van der Waals surface area contributed by atoms with Gasteiger partial charge in [0.25, 0.3) is 0 Å². The van der Waals surface area contributed by atoms with E-state index < -0.39 is 5.41 Å². The molecule has 1 saturated heterocycles. The molecule has 0 bridgehead atoms. The summed E-state index contributed by atoms with van der Waals surface area (Å²) in [7, 11) is 0. The van der Waals surface area contributed by atoms with Gasteiger partial charge >= 0.3 is 0 Å². The van der Waals surface area contributed by atoms with Crippen LogP contribution in [-0.2, 0) is 4.79 Å². The van der Waals surface area contributed by atoms with E-state index in [2.05, 4.69) is 26.8 Å². The molecule has 1 heterocycles. The summed E-state index contributed by atoms with van der Waals surface area (Å²) in [6.45, 7) is 7.38. The van der Waals surface area contributed by atoms with Gasteiger partial charge in [-0.05, 0) is 38.0 Å². The average molecular weight is 248 g/mol.